The second kappa shape index (κ2) is 9.23. The van der Waals surface area contributed by atoms with Crippen molar-refractivity contribution in [3.05, 3.63) is 47.1 Å². The number of nitrogens with one attached hydrogen (secondary N) is 1. The third-order valence-electron chi connectivity index (χ3n) is 4.79. The maximum absolute atomic E-state index is 12.6. The number of halogens is 1. The Hall–Kier alpha value is -1.97. The molecule has 6 nitrogen and oxygen atoms in total. The molecule has 1 N–H and O–H groups in total. The van der Waals surface area contributed by atoms with Crippen molar-refractivity contribution in [2.24, 2.45) is 5.92 Å². The molecule has 1 aliphatic heterocycles. The van der Waals surface area contributed by atoms with Crippen molar-refractivity contribution >= 4 is 66.9 Å². The zero-order valence-corrected chi connectivity index (χ0v) is 18.7. The Balaban J connectivity index is 1.24. The Morgan fingerprint density at radius 3 is 2.72 bits per heavy atom. The number of thiazole rings is 1. The number of pyridine rings is 1. The molecule has 29 heavy (non-hydrogen) atoms. The van der Waals surface area contributed by atoms with Gasteiger partial charge in [-0.1, -0.05) is 23.9 Å². The van der Waals surface area contributed by atoms with Gasteiger partial charge in [0.15, 0.2) is 4.34 Å². The standard InChI is InChI=1S/C20H19BrN4O2S2/c21-14-5-6-17(22-11-14)24-19(27)13-7-9-25(10-8-13)18(26)12-28-20-23-15-3-1-2-4-16(15)29-20/h1-6,11,13H,7-10,12H2,(H,22,24,27). The number of benzene rings is 1. The topological polar surface area (TPSA) is 75.2 Å². The molecule has 0 saturated carbocycles. The fourth-order valence-corrected chi connectivity index (χ4v) is 5.40. The highest BCUT2D eigenvalue weighted by atomic mass is 79.9. The second-order valence-corrected chi connectivity index (χ2v) is 9.91. The minimum atomic E-state index is -0.0959. The first-order chi connectivity index (χ1) is 14.1. The number of para-hydroxylation sites is 1. The van der Waals surface area contributed by atoms with Crippen molar-refractivity contribution in [3.8, 4) is 0 Å². The van der Waals surface area contributed by atoms with Gasteiger partial charge >= 0.3 is 0 Å². The summed E-state index contributed by atoms with van der Waals surface area (Å²) in [4.78, 5) is 35.6. The minimum absolute atomic E-state index is 0.0317. The van der Waals surface area contributed by atoms with E-state index in [0.717, 1.165) is 19.0 Å². The summed E-state index contributed by atoms with van der Waals surface area (Å²) in [5.41, 5.74) is 0.972. The van der Waals surface area contributed by atoms with Crippen LogP contribution in [-0.2, 0) is 9.59 Å². The molecule has 2 aromatic heterocycles. The fourth-order valence-electron chi connectivity index (χ4n) is 3.20. The van der Waals surface area contributed by atoms with E-state index in [1.165, 1.54) is 11.8 Å². The zero-order chi connectivity index (χ0) is 20.2. The number of nitrogens with zero attached hydrogens (tertiary/aromatic N) is 3. The number of anilines is 1. The molecule has 0 aliphatic carbocycles. The highest BCUT2D eigenvalue weighted by Gasteiger charge is 2.27. The monoisotopic (exact) mass is 490 g/mol. The first kappa shape index (κ1) is 20.3. The number of hydrogen-bond acceptors (Lipinski definition) is 6. The van der Waals surface area contributed by atoms with Gasteiger partial charge in [0.2, 0.25) is 11.8 Å². The van der Waals surface area contributed by atoms with E-state index in [0.29, 0.717) is 37.5 Å². The van der Waals surface area contributed by atoms with Crippen molar-refractivity contribution in [1.29, 1.82) is 0 Å². The molecule has 3 heterocycles. The number of carbonyl (C=O) groups is 2. The summed E-state index contributed by atoms with van der Waals surface area (Å²) in [7, 11) is 0. The lowest BCUT2D eigenvalue weighted by Gasteiger charge is -2.31. The van der Waals surface area contributed by atoms with E-state index in [-0.39, 0.29) is 17.7 Å². The van der Waals surface area contributed by atoms with Gasteiger partial charge in [-0.05, 0) is 53.0 Å². The maximum Gasteiger partial charge on any atom is 0.233 e. The molecule has 0 radical (unpaired) electrons. The van der Waals surface area contributed by atoms with Crippen LogP contribution >= 0.6 is 39.0 Å². The Morgan fingerprint density at radius 2 is 2.00 bits per heavy atom. The molecular formula is C20H19BrN4O2S2. The number of fused-ring (bicyclic) bond motifs is 1. The van der Waals surface area contributed by atoms with E-state index in [2.05, 4.69) is 31.2 Å². The Kier molecular flexibility index (Phi) is 6.46. The van der Waals surface area contributed by atoms with Gasteiger partial charge in [-0.2, -0.15) is 0 Å². The van der Waals surface area contributed by atoms with Gasteiger partial charge in [-0.15, -0.1) is 11.3 Å². The molecule has 1 fully saturated rings. The molecule has 0 atom stereocenters. The Bertz CT molecular complexity index is 984. The van der Waals surface area contributed by atoms with E-state index in [1.807, 2.05) is 35.2 Å². The Morgan fingerprint density at radius 1 is 1.21 bits per heavy atom. The van der Waals surface area contributed by atoms with Crippen LogP contribution in [0.25, 0.3) is 10.2 Å². The minimum Gasteiger partial charge on any atom is -0.342 e. The van der Waals surface area contributed by atoms with Gasteiger partial charge in [-0.3, -0.25) is 9.59 Å². The highest BCUT2D eigenvalue weighted by molar-refractivity contribution is 9.10. The molecule has 4 rings (SSSR count). The summed E-state index contributed by atoms with van der Waals surface area (Å²) >= 11 is 6.42. The molecule has 0 unspecified atom stereocenters. The number of likely N-dealkylation sites (tertiary alicyclic amines) is 1. The third kappa shape index (κ3) is 5.15. The molecule has 9 heteroatoms. The first-order valence-electron chi connectivity index (χ1n) is 9.27. The van der Waals surface area contributed by atoms with Gasteiger partial charge in [0.05, 0.1) is 16.0 Å². The number of thioether (sulfide) groups is 1. The van der Waals surface area contributed by atoms with Gasteiger partial charge in [0.1, 0.15) is 5.82 Å². The average Bonchev–Trinajstić information content (AvgIpc) is 3.17. The van der Waals surface area contributed by atoms with Crippen LogP contribution < -0.4 is 5.32 Å². The summed E-state index contributed by atoms with van der Waals surface area (Å²) in [6.45, 7) is 1.20. The summed E-state index contributed by atoms with van der Waals surface area (Å²) in [6.07, 6.45) is 2.99. The summed E-state index contributed by atoms with van der Waals surface area (Å²) < 4.78 is 2.91. The third-order valence-corrected chi connectivity index (χ3v) is 7.42. The van der Waals surface area contributed by atoms with Gasteiger partial charge in [-0.25, -0.2) is 9.97 Å². The number of rotatable bonds is 5. The molecule has 2 amide bonds. The SMILES string of the molecule is O=C(Nc1ccc(Br)cn1)C1CCN(C(=O)CSc2nc3ccccc3s2)CC1. The lowest BCUT2D eigenvalue weighted by atomic mass is 9.96. The van der Waals surface area contributed by atoms with E-state index in [4.69, 9.17) is 0 Å². The quantitative estimate of drug-likeness (QED) is 0.535. The largest absolute Gasteiger partial charge is 0.342 e. The number of hydrogen-bond donors (Lipinski definition) is 1. The molecule has 0 bridgehead atoms. The summed E-state index contributed by atoms with van der Waals surface area (Å²) in [5.74, 6) is 0.892. The number of piperidine rings is 1. The fraction of sp³-hybridized carbons (Fsp3) is 0.300. The second-order valence-electron chi connectivity index (χ2n) is 6.74. The van der Waals surface area contributed by atoms with E-state index in [9.17, 15) is 9.59 Å². The van der Waals surface area contributed by atoms with Crippen molar-refractivity contribution in [2.45, 2.75) is 17.2 Å². The zero-order valence-electron chi connectivity index (χ0n) is 15.5. The molecule has 150 valence electrons. The number of amides is 2. The van der Waals surface area contributed by atoms with Crippen LogP contribution in [0.4, 0.5) is 5.82 Å². The molecular weight excluding hydrogens is 472 g/mol. The van der Waals surface area contributed by atoms with Crippen molar-refractivity contribution in [2.75, 3.05) is 24.2 Å². The smallest absolute Gasteiger partial charge is 0.233 e. The van der Waals surface area contributed by atoms with Crippen LogP contribution in [0.15, 0.2) is 51.4 Å². The number of carbonyl (C=O) groups excluding carboxylic acids is 2. The highest BCUT2D eigenvalue weighted by Crippen LogP contribution is 2.30. The van der Waals surface area contributed by atoms with Crippen LogP contribution in [0.2, 0.25) is 0 Å². The van der Waals surface area contributed by atoms with E-state index < -0.39 is 0 Å². The predicted octanol–water partition coefficient (Wildman–Crippen LogP) is 4.42. The van der Waals surface area contributed by atoms with Crippen molar-refractivity contribution in [1.82, 2.24) is 14.9 Å². The van der Waals surface area contributed by atoms with Crippen LogP contribution in [0, 0.1) is 5.92 Å². The molecule has 0 spiro atoms. The lowest BCUT2D eigenvalue weighted by Crippen LogP contribution is -2.42. The lowest BCUT2D eigenvalue weighted by molar-refractivity contribution is -0.132. The average molecular weight is 491 g/mol. The van der Waals surface area contributed by atoms with E-state index >= 15 is 0 Å². The van der Waals surface area contributed by atoms with Crippen molar-refractivity contribution < 1.29 is 9.59 Å². The predicted molar refractivity (Wildman–Crippen MR) is 120 cm³/mol. The van der Waals surface area contributed by atoms with Crippen LogP contribution in [0.5, 0.6) is 0 Å². The maximum atomic E-state index is 12.6. The summed E-state index contributed by atoms with van der Waals surface area (Å²) in [5, 5.41) is 2.86. The first-order valence-corrected chi connectivity index (χ1v) is 11.9. The molecule has 1 aromatic carbocycles. The van der Waals surface area contributed by atoms with Gasteiger partial charge < -0.3 is 10.2 Å². The Labute approximate surface area is 185 Å². The molecule has 3 aromatic rings. The summed E-state index contributed by atoms with van der Waals surface area (Å²) in [6, 6.07) is 11.6. The number of aromatic nitrogens is 2. The van der Waals surface area contributed by atoms with Crippen LogP contribution in [0.3, 0.4) is 0 Å². The normalized spacial score (nSPS) is 14.9. The van der Waals surface area contributed by atoms with Gasteiger partial charge in [0, 0.05) is 29.7 Å². The molecule has 1 aliphatic rings. The van der Waals surface area contributed by atoms with E-state index in [1.54, 1.807) is 23.6 Å². The van der Waals surface area contributed by atoms with Crippen LogP contribution in [-0.4, -0.2) is 45.5 Å². The van der Waals surface area contributed by atoms with Crippen molar-refractivity contribution in [3.63, 3.8) is 0 Å². The van der Waals surface area contributed by atoms with Gasteiger partial charge in [0.25, 0.3) is 0 Å². The van der Waals surface area contributed by atoms with Crippen LogP contribution in [0.1, 0.15) is 12.8 Å². The molecule has 1 saturated heterocycles.